The molecule has 2 heterocycles. The van der Waals surface area contributed by atoms with Crippen molar-refractivity contribution in [2.45, 2.75) is 45.2 Å². The van der Waals surface area contributed by atoms with E-state index in [2.05, 4.69) is 51.5 Å². The first-order valence-corrected chi connectivity index (χ1v) is 12.8. The first-order valence-electron chi connectivity index (χ1n) is 12.0. The number of nitrogens with zero attached hydrogens (tertiary/aromatic N) is 3. The van der Waals surface area contributed by atoms with E-state index in [0.717, 1.165) is 32.6 Å². The van der Waals surface area contributed by atoms with E-state index in [1.165, 1.54) is 0 Å². The Labute approximate surface area is 213 Å². The van der Waals surface area contributed by atoms with Gasteiger partial charge in [-0.15, -0.1) is 17.3 Å². The van der Waals surface area contributed by atoms with Crippen LogP contribution in [-0.2, 0) is 11.3 Å². The average molecular weight is 499 g/mol. The molecule has 0 spiro atoms. The summed E-state index contributed by atoms with van der Waals surface area (Å²) in [5.74, 6) is 4.82. The van der Waals surface area contributed by atoms with Gasteiger partial charge in [0.25, 0.3) is 5.91 Å². The molecule has 1 fully saturated rings. The van der Waals surface area contributed by atoms with Gasteiger partial charge >= 0.3 is 5.97 Å². The predicted molar refractivity (Wildman–Crippen MR) is 140 cm³/mol. The zero-order chi connectivity index (χ0) is 25.1. The second kappa shape index (κ2) is 10.3. The van der Waals surface area contributed by atoms with Crippen LogP contribution in [0.4, 0.5) is 0 Å². The quantitative estimate of drug-likeness (QED) is 0.367. The number of aliphatic carboxylic acids is 1. The third-order valence-electron chi connectivity index (χ3n) is 6.68. The van der Waals surface area contributed by atoms with Gasteiger partial charge in [0, 0.05) is 34.1 Å². The van der Waals surface area contributed by atoms with Gasteiger partial charge in [-0.2, -0.15) is 5.10 Å². The van der Waals surface area contributed by atoms with Crippen LogP contribution in [-0.4, -0.2) is 37.8 Å². The van der Waals surface area contributed by atoms with Crippen molar-refractivity contribution in [2.24, 2.45) is 5.92 Å². The summed E-state index contributed by atoms with van der Waals surface area (Å²) in [5.41, 5.74) is 4.25. The average Bonchev–Trinajstić information content (AvgIpc) is 3.57. The van der Waals surface area contributed by atoms with Crippen LogP contribution >= 0.6 is 11.3 Å². The third-order valence-corrected chi connectivity index (χ3v) is 7.51. The molecule has 1 amide bonds. The Bertz CT molecular complexity index is 1450. The van der Waals surface area contributed by atoms with Crippen molar-refractivity contribution in [3.05, 3.63) is 70.9 Å². The van der Waals surface area contributed by atoms with Crippen molar-refractivity contribution >= 4 is 34.1 Å². The minimum absolute atomic E-state index is 0.0342. The first kappa shape index (κ1) is 23.8. The van der Waals surface area contributed by atoms with E-state index in [1.807, 2.05) is 22.2 Å². The van der Waals surface area contributed by atoms with Crippen molar-refractivity contribution in [2.75, 3.05) is 0 Å². The van der Waals surface area contributed by atoms with E-state index in [-0.39, 0.29) is 17.9 Å². The molecule has 182 valence electrons. The van der Waals surface area contributed by atoms with Crippen LogP contribution in [0.5, 0.6) is 0 Å². The number of hydrogen-bond donors (Lipinski definition) is 2. The lowest BCUT2D eigenvalue weighted by Crippen LogP contribution is -2.38. The number of nitrogens with one attached hydrogen (secondary N) is 1. The van der Waals surface area contributed by atoms with Crippen LogP contribution in [0.15, 0.2) is 54.2 Å². The molecule has 7 nitrogen and oxygen atoms in total. The molecule has 5 rings (SSSR count). The molecule has 1 saturated carbocycles. The van der Waals surface area contributed by atoms with E-state index in [0.29, 0.717) is 37.8 Å². The molecule has 8 heteroatoms. The Hall–Kier alpha value is -3.96. The van der Waals surface area contributed by atoms with Gasteiger partial charge in [-0.1, -0.05) is 30.2 Å². The highest BCUT2D eigenvalue weighted by atomic mass is 32.1. The van der Waals surface area contributed by atoms with Crippen LogP contribution in [0.1, 0.15) is 54.1 Å². The molecule has 1 aliphatic carbocycles. The molecule has 36 heavy (non-hydrogen) atoms. The molecule has 0 saturated heterocycles. The molecular formula is C28H26N4O3S. The van der Waals surface area contributed by atoms with Gasteiger partial charge < -0.3 is 10.4 Å². The summed E-state index contributed by atoms with van der Waals surface area (Å²) in [6.07, 6.45) is 6.05. The molecular weight excluding hydrogens is 472 g/mol. The van der Waals surface area contributed by atoms with Crippen molar-refractivity contribution in [1.82, 2.24) is 20.1 Å². The van der Waals surface area contributed by atoms with E-state index in [4.69, 9.17) is 0 Å². The zero-order valence-electron chi connectivity index (χ0n) is 19.9. The fourth-order valence-corrected chi connectivity index (χ4v) is 5.43. The number of benzene rings is 2. The van der Waals surface area contributed by atoms with Crippen molar-refractivity contribution in [3.63, 3.8) is 0 Å². The molecule has 0 atom stereocenters. The summed E-state index contributed by atoms with van der Waals surface area (Å²) in [6.45, 7) is 2.29. The molecule has 2 N–H and O–H groups in total. The third kappa shape index (κ3) is 4.88. The van der Waals surface area contributed by atoms with Crippen LogP contribution in [0, 0.1) is 17.8 Å². The Kier molecular flexibility index (Phi) is 6.83. The van der Waals surface area contributed by atoms with Gasteiger partial charge in [-0.05, 0) is 50.3 Å². The Morgan fingerprint density at radius 1 is 1.14 bits per heavy atom. The largest absolute Gasteiger partial charge is 0.481 e. The van der Waals surface area contributed by atoms with E-state index < -0.39 is 5.97 Å². The Morgan fingerprint density at radius 2 is 1.92 bits per heavy atom. The summed E-state index contributed by atoms with van der Waals surface area (Å²) in [7, 11) is 0. The van der Waals surface area contributed by atoms with E-state index in [1.54, 1.807) is 30.7 Å². The minimum Gasteiger partial charge on any atom is -0.481 e. The van der Waals surface area contributed by atoms with Gasteiger partial charge in [0.1, 0.15) is 5.01 Å². The number of carboxylic acids is 1. The molecule has 2 aromatic heterocycles. The number of carbonyl (C=O) groups is 2. The predicted octanol–water partition coefficient (Wildman–Crippen LogP) is 4.95. The van der Waals surface area contributed by atoms with Gasteiger partial charge in [0.15, 0.2) is 0 Å². The lowest BCUT2D eigenvalue weighted by Gasteiger charge is -2.27. The number of thiazole rings is 1. The fourth-order valence-electron chi connectivity index (χ4n) is 4.79. The Balaban J connectivity index is 1.42. The van der Waals surface area contributed by atoms with Crippen molar-refractivity contribution < 1.29 is 14.7 Å². The van der Waals surface area contributed by atoms with Crippen LogP contribution < -0.4 is 5.32 Å². The highest BCUT2D eigenvalue weighted by Crippen LogP contribution is 2.27. The SMILES string of the molecule is CC#Cc1ccc(C(=O)NC2CCC(C(=O)O)CC2)c2c1cnn2Cc1ccc(-c2nccs2)cc1. The van der Waals surface area contributed by atoms with Crippen molar-refractivity contribution in [1.29, 1.82) is 0 Å². The molecule has 0 bridgehead atoms. The Morgan fingerprint density at radius 3 is 2.58 bits per heavy atom. The highest BCUT2D eigenvalue weighted by molar-refractivity contribution is 7.13. The topological polar surface area (TPSA) is 97.1 Å². The second-order valence-corrected chi connectivity index (χ2v) is 9.89. The lowest BCUT2D eigenvalue weighted by atomic mass is 9.86. The minimum atomic E-state index is -0.752. The number of fused-ring (bicyclic) bond motifs is 1. The summed E-state index contributed by atoms with van der Waals surface area (Å²) in [5, 5.41) is 20.8. The van der Waals surface area contributed by atoms with E-state index >= 15 is 0 Å². The fraction of sp³-hybridized carbons (Fsp3) is 0.286. The van der Waals surface area contributed by atoms with Gasteiger partial charge in [0.05, 0.1) is 29.7 Å². The lowest BCUT2D eigenvalue weighted by molar-refractivity contribution is -0.142. The monoisotopic (exact) mass is 498 g/mol. The number of rotatable bonds is 6. The highest BCUT2D eigenvalue weighted by Gasteiger charge is 2.27. The number of aromatic nitrogens is 3. The summed E-state index contributed by atoms with van der Waals surface area (Å²) < 4.78 is 1.85. The normalized spacial score (nSPS) is 17.4. The van der Waals surface area contributed by atoms with Gasteiger partial charge in [0.2, 0.25) is 0 Å². The molecule has 2 aromatic carbocycles. The smallest absolute Gasteiger partial charge is 0.306 e. The number of amides is 1. The maximum atomic E-state index is 13.4. The van der Waals surface area contributed by atoms with Crippen LogP contribution in [0.2, 0.25) is 0 Å². The maximum absolute atomic E-state index is 13.4. The second-order valence-electron chi connectivity index (χ2n) is 8.99. The van der Waals surface area contributed by atoms with E-state index in [9.17, 15) is 14.7 Å². The molecule has 0 unspecified atom stereocenters. The van der Waals surface area contributed by atoms with Crippen LogP contribution in [0.25, 0.3) is 21.5 Å². The van der Waals surface area contributed by atoms with Crippen molar-refractivity contribution in [3.8, 4) is 22.4 Å². The molecule has 0 aliphatic heterocycles. The molecule has 4 aromatic rings. The maximum Gasteiger partial charge on any atom is 0.306 e. The first-order chi connectivity index (χ1) is 17.5. The number of hydrogen-bond acceptors (Lipinski definition) is 5. The molecule has 1 aliphatic rings. The van der Waals surface area contributed by atoms with Crippen LogP contribution in [0.3, 0.4) is 0 Å². The summed E-state index contributed by atoms with van der Waals surface area (Å²) in [6, 6.07) is 11.9. The summed E-state index contributed by atoms with van der Waals surface area (Å²) in [4.78, 5) is 29.0. The molecule has 0 radical (unpaired) electrons. The summed E-state index contributed by atoms with van der Waals surface area (Å²) >= 11 is 1.60. The van der Waals surface area contributed by atoms with Gasteiger partial charge in [-0.3, -0.25) is 14.3 Å². The standard InChI is InChI=1S/C28H26N4O3S/c1-2-3-19-10-13-23(26(33)31-22-11-8-21(9-12-22)28(34)35)25-24(19)16-30-32(25)17-18-4-6-20(7-5-18)27-29-14-15-36-27/h4-7,10,13-16,21-22H,8-9,11-12,17H2,1H3,(H,31,33)(H,34,35). The number of carboxylic acid groups (broad SMARTS) is 1. The number of carbonyl (C=O) groups excluding carboxylic acids is 1. The van der Waals surface area contributed by atoms with Gasteiger partial charge in [-0.25, -0.2) is 4.98 Å². The zero-order valence-corrected chi connectivity index (χ0v) is 20.7.